The molecule has 0 aliphatic heterocycles. The molecule has 0 spiro atoms. The number of carbonyl (C=O) groups is 1. The van der Waals surface area contributed by atoms with Crippen LogP contribution in [0.15, 0.2) is 11.0 Å². The Morgan fingerprint density at radius 1 is 1.50 bits per heavy atom. The van der Waals surface area contributed by atoms with Gasteiger partial charge in [-0.05, 0) is 31.7 Å². The third kappa shape index (κ3) is 2.57. The Labute approximate surface area is 110 Å². The van der Waals surface area contributed by atoms with Gasteiger partial charge < -0.3 is 5.11 Å². The van der Waals surface area contributed by atoms with Gasteiger partial charge in [-0.1, -0.05) is 6.92 Å². The van der Waals surface area contributed by atoms with Crippen molar-refractivity contribution in [2.24, 2.45) is 5.92 Å². The highest BCUT2D eigenvalue weighted by Gasteiger charge is 2.31. The van der Waals surface area contributed by atoms with Gasteiger partial charge in [0.1, 0.15) is 4.88 Å². The molecule has 0 radical (unpaired) electrons. The molecule has 0 atom stereocenters. The van der Waals surface area contributed by atoms with Crippen molar-refractivity contribution in [3.05, 3.63) is 15.8 Å². The van der Waals surface area contributed by atoms with Gasteiger partial charge in [-0.15, -0.1) is 11.3 Å². The fraction of sp³-hybridized carbons (Fsp3) is 0.545. The fourth-order valence-corrected chi connectivity index (χ4v) is 4.81. The molecule has 100 valence electrons. The fourth-order valence-electron chi connectivity index (χ4n) is 2.12. The van der Waals surface area contributed by atoms with Crippen molar-refractivity contribution in [1.82, 2.24) is 4.72 Å². The second-order valence-electron chi connectivity index (χ2n) is 4.73. The Balaban J connectivity index is 2.21. The Kier molecular flexibility index (Phi) is 3.48. The summed E-state index contributed by atoms with van der Waals surface area (Å²) in [5, 5.41) is 8.86. The van der Waals surface area contributed by atoms with Gasteiger partial charge in [-0.25, -0.2) is 17.9 Å². The molecule has 18 heavy (non-hydrogen) atoms. The number of thiophene rings is 1. The summed E-state index contributed by atoms with van der Waals surface area (Å²) >= 11 is 0.984. The number of aryl methyl sites for hydroxylation is 1. The molecule has 0 unspecified atom stereocenters. The Bertz CT molecular complexity index is 570. The van der Waals surface area contributed by atoms with Crippen LogP contribution in [-0.4, -0.2) is 25.5 Å². The van der Waals surface area contributed by atoms with Crippen molar-refractivity contribution in [2.45, 2.75) is 37.6 Å². The van der Waals surface area contributed by atoms with Crippen LogP contribution in [0.25, 0.3) is 0 Å². The Morgan fingerprint density at radius 2 is 2.11 bits per heavy atom. The van der Waals surface area contributed by atoms with E-state index in [0.29, 0.717) is 10.8 Å². The summed E-state index contributed by atoms with van der Waals surface area (Å²) < 4.78 is 26.8. The van der Waals surface area contributed by atoms with Crippen molar-refractivity contribution in [3.8, 4) is 0 Å². The molecule has 0 aromatic carbocycles. The number of aromatic carboxylic acids is 1. The molecular weight excluding hydrogens is 274 g/mol. The first kappa shape index (κ1) is 13.5. The highest BCUT2D eigenvalue weighted by atomic mass is 32.2. The Hall–Kier alpha value is -0.920. The minimum Gasteiger partial charge on any atom is -0.477 e. The van der Waals surface area contributed by atoms with Crippen LogP contribution in [0.4, 0.5) is 0 Å². The monoisotopic (exact) mass is 289 g/mol. The van der Waals surface area contributed by atoms with Crippen LogP contribution >= 0.6 is 11.3 Å². The number of nitrogens with one attached hydrogen (secondary N) is 1. The summed E-state index contributed by atoms with van der Waals surface area (Å²) in [6.07, 6.45) is 1.68. The van der Waals surface area contributed by atoms with Gasteiger partial charge in [0.05, 0.1) is 4.90 Å². The van der Waals surface area contributed by atoms with Crippen LogP contribution in [0.1, 0.15) is 34.3 Å². The van der Waals surface area contributed by atoms with E-state index >= 15 is 0 Å². The van der Waals surface area contributed by atoms with Crippen LogP contribution in [0, 0.1) is 12.8 Å². The van der Waals surface area contributed by atoms with E-state index in [4.69, 9.17) is 5.11 Å². The Morgan fingerprint density at radius 3 is 2.56 bits per heavy atom. The summed E-state index contributed by atoms with van der Waals surface area (Å²) in [4.78, 5) is 11.5. The van der Waals surface area contributed by atoms with Crippen molar-refractivity contribution in [2.75, 3.05) is 0 Å². The first-order valence-electron chi connectivity index (χ1n) is 5.65. The van der Waals surface area contributed by atoms with Crippen molar-refractivity contribution < 1.29 is 18.3 Å². The van der Waals surface area contributed by atoms with E-state index in [1.54, 1.807) is 6.92 Å². The van der Waals surface area contributed by atoms with Gasteiger partial charge in [0.25, 0.3) is 0 Å². The minimum absolute atomic E-state index is 0.0161. The zero-order chi connectivity index (χ0) is 13.5. The summed E-state index contributed by atoms with van der Waals surface area (Å²) in [6, 6.07) is 1.21. The standard InChI is InChI=1S/C11H15NO4S2/c1-6-3-8(4-6)12-18(15,16)10-5-9(11(13)14)17-7(10)2/h5-6,8,12H,3-4H2,1-2H3,(H,13,14). The lowest BCUT2D eigenvalue weighted by Gasteiger charge is -2.32. The van der Waals surface area contributed by atoms with E-state index in [9.17, 15) is 13.2 Å². The zero-order valence-electron chi connectivity index (χ0n) is 10.1. The first-order valence-corrected chi connectivity index (χ1v) is 7.95. The first-order chi connectivity index (χ1) is 8.29. The molecule has 1 fully saturated rings. The largest absolute Gasteiger partial charge is 0.477 e. The van der Waals surface area contributed by atoms with Crippen LogP contribution in [0.3, 0.4) is 0 Å². The van der Waals surface area contributed by atoms with E-state index in [1.807, 2.05) is 0 Å². The van der Waals surface area contributed by atoms with E-state index in [2.05, 4.69) is 11.6 Å². The van der Waals surface area contributed by atoms with Crippen LogP contribution in [-0.2, 0) is 10.0 Å². The lowest BCUT2D eigenvalue weighted by Crippen LogP contribution is -2.43. The van der Waals surface area contributed by atoms with Crippen molar-refractivity contribution in [1.29, 1.82) is 0 Å². The highest BCUT2D eigenvalue weighted by molar-refractivity contribution is 7.89. The molecule has 1 saturated carbocycles. The number of carboxylic acid groups (broad SMARTS) is 1. The van der Waals surface area contributed by atoms with Gasteiger partial charge in [0, 0.05) is 10.9 Å². The molecule has 5 nitrogen and oxygen atoms in total. The highest BCUT2D eigenvalue weighted by Crippen LogP contribution is 2.30. The number of hydrogen-bond acceptors (Lipinski definition) is 4. The molecule has 1 aliphatic carbocycles. The van der Waals surface area contributed by atoms with Crippen LogP contribution in [0.2, 0.25) is 0 Å². The third-order valence-corrected chi connectivity index (χ3v) is 5.88. The number of sulfonamides is 1. The van der Waals surface area contributed by atoms with Gasteiger partial charge in [0.2, 0.25) is 10.0 Å². The molecule has 7 heteroatoms. The molecule has 1 aromatic rings. The topological polar surface area (TPSA) is 83.5 Å². The van der Waals surface area contributed by atoms with Gasteiger partial charge in [-0.2, -0.15) is 0 Å². The second kappa shape index (κ2) is 4.64. The molecule has 0 amide bonds. The maximum atomic E-state index is 12.1. The molecule has 1 aliphatic rings. The van der Waals surface area contributed by atoms with Crippen LogP contribution in [0.5, 0.6) is 0 Å². The van der Waals surface area contributed by atoms with E-state index in [0.717, 1.165) is 24.2 Å². The van der Waals surface area contributed by atoms with Gasteiger partial charge in [0.15, 0.2) is 0 Å². The molecule has 2 rings (SSSR count). The maximum absolute atomic E-state index is 12.1. The predicted octanol–water partition coefficient (Wildman–Crippen LogP) is 1.83. The smallest absolute Gasteiger partial charge is 0.345 e. The van der Waals surface area contributed by atoms with Crippen LogP contribution < -0.4 is 4.72 Å². The minimum atomic E-state index is -3.59. The van der Waals surface area contributed by atoms with E-state index < -0.39 is 16.0 Å². The molecule has 2 N–H and O–H groups in total. The summed E-state index contributed by atoms with van der Waals surface area (Å²) in [7, 11) is -3.59. The normalized spacial score (nSPS) is 23.7. The van der Waals surface area contributed by atoms with Gasteiger partial charge in [-0.3, -0.25) is 0 Å². The summed E-state index contributed by atoms with van der Waals surface area (Å²) in [5.41, 5.74) is 0. The second-order valence-corrected chi connectivity index (χ2v) is 7.67. The average molecular weight is 289 g/mol. The molecule has 1 aromatic heterocycles. The summed E-state index contributed by atoms with van der Waals surface area (Å²) in [5.74, 6) is -0.544. The maximum Gasteiger partial charge on any atom is 0.345 e. The molecular formula is C11H15NO4S2. The number of rotatable bonds is 4. The van der Waals surface area contributed by atoms with E-state index in [1.165, 1.54) is 6.07 Å². The number of carboxylic acids is 1. The third-order valence-electron chi connectivity index (χ3n) is 3.07. The number of hydrogen-bond donors (Lipinski definition) is 2. The van der Waals surface area contributed by atoms with E-state index in [-0.39, 0.29) is 15.8 Å². The molecule has 1 heterocycles. The zero-order valence-corrected chi connectivity index (χ0v) is 11.8. The lowest BCUT2D eigenvalue weighted by molar-refractivity contribution is 0.0702. The molecule has 0 saturated heterocycles. The molecule has 0 bridgehead atoms. The lowest BCUT2D eigenvalue weighted by atomic mass is 9.83. The average Bonchev–Trinajstić information content (AvgIpc) is 2.58. The van der Waals surface area contributed by atoms with Crippen molar-refractivity contribution >= 4 is 27.3 Å². The SMILES string of the molecule is Cc1sc(C(=O)O)cc1S(=O)(=O)NC1CC(C)C1. The van der Waals surface area contributed by atoms with Crippen molar-refractivity contribution in [3.63, 3.8) is 0 Å². The predicted molar refractivity (Wildman–Crippen MR) is 68.5 cm³/mol. The van der Waals surface area contributed by atoms with Gasteiger partial charge >= 0.3 is 5.97 Å². The summed E-state index contributed by atoms with van der Waals surface area (Å²) in [6.45, 7) is 3.69. The quantitative estimate of drug-likeness (QED) is 0.885.